The highest BCUT2D eigenvalue weighted by atomic mass is 19.1. The van der Waals surface area contributed by atoms with Crippen molar-refractivity contribution >= 4 is 11.6 Å². The smallest absolute Gasteiger partial charge is 0.238 e. The first-order valence-corrected chi connectivity index (χ1v) is 6.61. The van der Waals surface area contributed by atoms with Crippen molar-refractivity contribution in [3.63, 3.8) is 0 Å². The maximum Gasteiger partial charge on any atom is 0.238 e. The van der Waals surface area contributed by atoms with Crippen LogP contribution in [-0.4, -0.2) is 43.0 Å². The van der Waals surface area contributed by atoms with Crippen LogP contribution >= 0.6 is 0 Å². The summed E-state index contributed by atoms with van der Waals surface area (Å²) < 4.78 is 13.4. The molecule has 2 rings (SSSR count). The number of likely N-dealkylation sites (N-methyl/N-ethyl adjacent to an activating group) is 1. The van der Waals surface area contributed by atoms with Crippen molar-refractivity contribution < 1.29 is 9.18 Å². The number of hydrogen-bond donors (Lipinski definition) is 2. The Bertz CT molecular complexity index is 460. The van der Waals surface area contributed by atoms with Gasteiger partial charge in [0.15, 0.2) is 0 Å². The second-order valence-electron chi connectivity index (χ2n) is 4.89. The van der Waals surface area contributed by atoms with E-state index in [-0.39, 0.29) is 11.7 Å². The van der Waals surface area contributed by atoms with Crippen molar-refractivity contribution in [1.82, 2.24) is 10.2 Å². The standard InChI is InChI=1S/C14H20FN3O/c1-3-18(12-7-16-8-12)9-14(19)17-11-5-4-10(2)13(15)6-11/h4-6,12,16H,3,7-9H2,1-2H3,(H,17,19). The Morgan fingerprint density at radius 1 is 1.53 bits per heavy atom. The lowest BCUT2D eigenvalue weighted by Crippen LogP contribution is -2.58. The summed E-state index contributed by atoms with van der Waals surface area (Å²) in [7, 11) is 0. The molecule has 4 nitrogen and oxygen atoms in total. The van der Waals surface area contributed by atoms with Gasteiger partial charge in [-0.2, -0.15) is 0 Å². The van der Waals surface area contributed by atoms with E-state index in [1.54, 1.807) is 19.1 Å². The van der Waals surface area contributed by atoms with Crippen LogP contribution in [-0.2, 0) is 4.79 Å². The van der Waals surface area contributed by atoms with Crippen LogP contribution in [0.3, 0.4) is 0 Å². The number of nitrogens with zero attached hydrogens (tertiary/aromatic N) is 1. The van der Waals surface area contributed by atoms with Gasteiger partial charge in [-0.3, -0.25) is 9.69 Å². The van der Waals surface area contributed by atoms with Gasteiger partial charge in [-0.1, -0.05) is 13.0 Å². The number of aryl methyl sites for hydroxylation is 1. The summed E-state index contributed by atoms with van der Waals surface area (Å²) in [4.78, 5) is 14.0. The molecule has 0 unspecified atom stereocenters. The average molecular weight is 265 g/mol. The fourth-order valence-corrected chi connectivity index (χ4v) is 2.09. The lowest BCUT2D eigenvalue weighted by atomic mass is 10.1. The van der Waals surface area contributed by atoms with Crippen LogP contribution in [0.4, 0.5) is 10.1 Å². The maximum absolute atomic E-state index is 13.4. The van der Waals surface area contributed by atoms with E-state index in [0.29, 0.717) is 23.8 Å². The van der Waals surface area contributed by atoms with Crippen molar-refractivity contribution in [2.45, 2.75) is 19.9 Å². The van der Waals surface area contributed by atoms with Crippen molar-refractivity contribution in [3.8, 4) is 0 Å². The first-order chi connectivity index (χ1) is 9.10. The lowest BCUT2D eigenvalue weighted by molar-refractivity contribution is -0.118. The summed E-state index contributed by atoms with van der Waals surface area (Å²) in [6, 6.07) is 5.18. The SMILES string of the molecule is CCN(CC(=O)Nc1ccc(C)c(F)c1)C1CNC1. The van der Waals surface area contributed by atoms with E-state index in [1.807, 2.05) is 6.92 Å². The zero-order chi connectivity index (χ0) is 13.8. The fourth-order valence-electron chi connectivity index (χ4n) is 2.09. The van der Waals surface area contributed by atoms with Crippen molar-refractivity contribution in [2.24, 2.45) is 0 Å². The van der Waals surface area contributed by atoms with Gasteiger partial charge in [-0.25, -0.2) is 4.39 Å². The average Bonchev–Trinajstić information content (AvgIpc) is 2.30. The molecular formula is C14H20FN3O. The van der Waals surface area contributed by atoms with E-state index >= 15 is 0 Å². The molecule has 2 N–H and O–H groups in total. The molecule has 0 atom stereocenters. The molecule has 1 fully saturated rings. The number of carbonyl (C=O) groups is 1. The van der Waals surface area contributed by atoms with Crippen LogP contribution in [0.5, 0.6) is 0 Å². The third-order valence-corrected chi connectivity index (χ3v) is 3.48. The van der Waals surface area contributed by atoms with Crippen LogP contribution in [0.15, 0.2) is 18.2 Å². The minimum absolute atomic E-state index is 0.1000. The predicted octanol–water partition coefficient (Wildman–Crippen LogP) is 1.37. The molecule has 0 radical (unpaired) electrons. The minimum atomic E-state index is -0.298. The van der Waals surface area contributed by atoms with Gasteiger partial charge in [0.1, 0.15) is 5.82 Å². The molecular weight excluding hydrogens is 245 g/mol. The largest absolute Gasteiger partial charge is 0.325 e. The number of nitrogens with one attached hydrogen (secondary N) is 2. The Morgan fingerprint density at radius 3 is 2.79 bits per heavy atom. The quantitative estimate of drug-likeness (QED) is 0.845. The Morgan fingerprint density at radius 2 is 2.26 bits per heavy atom. The molecule has 1 saturated heterocycles. The highest BCUT2D eigenvalue weighted by molar-refractivity contribution is 5.92. The Kier molecular flexibility index (Phi) is 4.50. The van der Waals surface area contributed by atoms with Crippen LogP contribution in [0.1, 0.15) is 12.5 Å². The van der Waals surface area contributed by atoms with Gasteiger partial charge in [0.05, 0.1) is 6.54 Å². The summed E-state index contributed by atoms with van der Waals surface area (Å²) in [5, 5.41) is 5.93. The fraction of sp³-hybridized carbons (Fsp3) is 0.500. The first kappa shape index (κ1) is 14.0. The summed E-state index contributed by atoms with van der Waals surface area (Å²) in [6.45, 7) is 6.78. The molecule has 1 aromatic carbocycles. The van der Waals surface area contributed by atoms with Crippen LogP contribution < -0.4 is 10.6 Å². The number of halogens is 1. The highest BCUT2D eigenvalue weighted by Gasteiger charge is 2.24. The Labute approximate surface area is 113 Å². The molecule has 19 heavy (non-hydrogen) atoms. The van der Waals surface area contributed by atoms with Gasteiger partial charge >= 0.3 is 0 Å². The molecule has 5 heteroatoms. The van der Waals surface area contributed by atoms with Crippen molar-refractivity contribution in [2.75, 3.05) is 31.5 Å². The summed E-state index contributed by atoms with van der Waals surface area (Å²) in [5.41, 5.74) is 1.09. The topological polar surface area (TPSA) is 44.4 Å². The number of rotatable bonds is 5. The van der Waals surface area contributed by atoms with Gasteiger partial charge in [-0.15, -0.1) is 0 Å². The van der Waals surface area contributed by atoms with Gasteiger partial charge in [0.25, 0.3) is 0 Å². The third kappa shape index (κ3) is 3.52. The second kappa shape index (κ2) is 6.12. The molecule has 0 saturated carbocycles. The molecule has 0 bridgehead atoms. The zero-order valence-corrected chi connectivity index (χ0v) is 11.4. The molecule has 0 aliphatic carbocycles. The van der Waals surface area contributed by atoms with E-state index in [4.69, 9.17) is 0 Å². The normalized spacial score (nSPS) is 15.4. The van der Waals surface area contributed by atoms with Crippen LogP contribution in [0.25, 0.3) is 0 Å². The number of hydrogen-bond acceptors (Lipinski definition) is 3. The zero-order valence-electron chi connectivity index (χ0n) is 11.4. The minimum Gasteiger partial charge on any atom is -0.325 e. The van der Waals surface area contributed by atoms with Crippen LogP contribution in [0, 0.1) is 12.7 Å². The van der Waals surface area contributed by atoms with Gasteiger partial charge < -0.3 is 10.6 Å². The van der Waals surface area contributed by atoms with E-state index in [1.165, 1.54) is 6.07 Å². The monoisotopic (exact) mass is 265 g/mol. The lowest BCUT2D eigenvalue weighted by Gasteiger charge is -2.37. The first-order valence-electron chi connectivity index (χ1n) is 6.61. The van der Waals surface area contributed by atoms with Gasteiger partial charge in [0, 0.05) is 24.8 Å². The molecule has 1 heterocycles. The number of benzene rings is 1. The van der Waals surface area contributed by atoms with Crippen molar-refractivity contribution in [1.29, 1.82) is 0 Å². The molecule has 1 aliphatic heterocycles. The molecule has 0 aromatic heterocycles. The number of amides is 1. The highest BCUT2D eigenvalue weighted by Crippen LogP contribution is 2.13. The van der Waals surface area contributed by atoms with E-state index in [0.717, 1.165) is 19.6 Å². The summed E-state index contributed by atoms with van der Waals surface area (Å²) in [6.07, 6.45) is 0. The summed E-state index contributed by atoms with van der Waals surface area (Å²) >= 11 is 0. The third-order valence-electron chi connectivity index (χ3n) is 3.48. The molecule has 1 amide bonds. The Hall–Kier alpha value is -1.46. The van der Waals surface area contributed by atoms with Gasteiger partial charge in [-0.05, 0) is 31.2 Å². The van der Waals surface area contributed by atoms with E-state index < -0.39 is 0 Å². The number of anilines is 1. The molecule has 0 spiro atoms. The van der Waals surface area contributed by atoms with Crippen molar-refractivity contribution in [3.05, 3.63) is 29.6 Å². The predicted molar refractivity (Wildman–Crippen MR) is 73.7 cm³/mol. The number of carbonyl (C=O) groups excluding carboxylic acids is 1. The Balaban J connectivity index is 1.90. The second-order valence-corrected chi connectivity index (χ2v) is 4.89. The summed E-state index contributed by atoms with van der Waals surface area (Å²) in [5.74, 6) is -0.398. The van der Waals surface area contributed by atoms with E-state index in [9.17, 15) is 9.18 Å². The molecule has 1 aromatic rings. The van der Waals surface area contributed by atoms with E-state index in [2.05, 4.69) is 15.5 Å². The van der Waals surface area contributed by atoms with Crippen LogP contribution in [0.2, 0.25) is 0 Å². The maximum atomic E-state index is 13.4. The molecule has 1 aliphatic rings. The molecule has 104 valence electrons. The van der Waals surface area contributed by atoms with Gasteiger partial charge in [0.2, 0.25) is 5.91 Å².